The van der Waals surface area contributed by atoms with E-state index in [-0.39, 0.29) is 11.5 Å². The number of amides is 1. The minimum atomic E-state index is -0.00322. The number of thioether (sulfide) groups is 1. The molecular weight excluding hydrogens is 384 g/mol. The molecule has 1 aliphatic heterocycles. The van der Waals surface area contributed by atoms with Gasteiger partial charge in [0.25, 0.3) is 5.56 Å². The second kappa shape index (κ2) is 9.13. The molecule has 0 spiro atoms. The molecule has 7 heteroatoms. The van der Waals surface area contributed by atoms with Crippen LogP contribution in [0.2, 0.25) is 0 Å². The maximum absolute atomic E-state index is 12.9. The summed E-state index contributed by atoms with van der Waals surface area (Å²) < 4.78 is 1.66. The van der Waals surface area contributed by atoms with Gasteiger partial charge in [0.05, 0.1) is 17.8 Å². The molecule has 1 fully saturated rings. The van der Waals surface area contributed by atoms with Crippen LogP contribution in [0, 0.1) is 0 Å². The van der Waals surface area contributed by atoms with E-state index in [1.165, 1.54) is 24.8 Å². The van der Waals surface area contributed by atoms with Crippen LogP contribution in [0.3, 0.4) is 0 Å². The fraction of sp³-hybridized carbons (Fsp3) is 0.500. The highest BCUT2D eigenvalue weighted by Gasteiger charge is 2.27. The number of benzene rings is 1. The standard InChI is InChI=1S/C22H28N4O2S/c1-25-21(28)18-15-26(13-11-19(18)24-22(25)29-17-8-5-9-17)20(27)10-12-23-14-16-6-3-2-4-7-16/h2-4,6-7,17,23H,5,8-15H2,1H3. The second-order valence-corrected chi connectivity index (χ2v) is 9.10. The summed E-state index contributed by atoms with van der Waals surface area (Å²) in [5, 5.41) is 4.74. The predicted octanol–water partition coefficient (Wildman–Crippen LogP) is 2.49. The van der Waals surface area contributed by atoms with Crippen LogP contribution in [0.5, 0.6) is 0 Å². The molecule has 2 aromatic rings. The van der Waals surface area contributed by atoms with Crippen molar-refractivity contribution >= 4 is 17.7 Å². The summed E-state index contributed by atoms with van der Waals surface area (Å²) in [7, 11) is 1.80. The third-order valence-corrected chi connectivity index (χ3v) is 7.14. The third-order valence-electron chi connectivity index (χ3n) is 5.76. The quantitative estimate of drug-likeness (QED) is 0.559. The molecular formula is C22H28N4O2S. The third kappa shape index (κ3) is 4.73. The molecule has 0 radical (unpaired) electrons. The van der Waals surface area contributed by atoms with Crippen molar-refractivity contribution in [3.8, 4) is 0 Å². The molecule has 6 nitrogen and oxygen atoms in total. The first-order valence-corrected chi connectivity index (χ1v) is 11.3. The van der Waals surface area contributed by atoms with Gasteiger partial charge in [-0.3, -0.25) is 14.2 Å². The fourth-order valence-electron chi connectivity index (χ4n) is 3.69. The Hall–Kier alpha value is -2.12. The number of carbonyl (C=O) groups is 1. The lowest BCUT2D eigenvalue weighted by molar-refractivity contribution is -0.132. The zero-order valence-corrected chi connectivity index (χ0v) is 17.7. The lowest BCUT2D eigenvalue weighted by Crippen LogP contribution is -2.41. The van der Waals surface area contributed by atoms with E-state index < -0.39 is 0 Å². The second-order valence-electron chi connectivity index (χ2n) is 7.83. The molecule has 0 saturated heterocycles. The van der Waals surface area contributed by atoms with Gasteiger partial charge in [0.15, 0.2) is 5.16 Å². The molecule has 1 aromatic carbocycles. The average molecular weight is 413 g/mol. The SMILES string of the molecule is Cn1c(SC2CCC2)nc2c(c1=O)CN(C(=O)CCNCc1ccccc1)CC2. The first kappa shape index (κ1) is 20.2. The monoisotopic (exact) mass is 412 g/mol. The Kier molecular flexibility index (Phi) is 6.35. The van der Waals surface area contributed by atoms with Crippen molar-refractivity contribution < 1.29 is 4.79 Å². The largest absolute Gasteiger partial charge is 0.338 e. The van der Waals surface area contributed by atoms with Crippen molar-refractivity contribution in [2.24, 2.45) is 7.05 Å². The highest BCUT2D eigenvalue weighted by atomic mass is 32.2. The molecule has 2 aliphatic rings. The highest BCUT2D eigenvalue weighted by Crippen LogP contribution is 2.35. The maximum Gasteiger partial charge on any atom is 0.259 e. The summed E-state index contributed by atoms with van der Waals surface area (Å²) in [5.41, 5.74) is 2.76. The minimum Gasteiger partial charge on any atom is -0.338 e. The van der Waals surface area contributed by atoms with E-state index in [1.807, 2.05) is 18.2 Å². The highest BCUT2D eigenvalue weighted by molar-refractivity contribution is 7.99. The molecule has 1 amide bonds. The van der Waals surface area contributed by atoms with Crippen LogP contribution in [0.25, 0.3) is 0 Å². The van der Waals surface area contributed by atoms with Gasteiger partial charge in [-0.05, 0) is 18.4 Å². The summed E-state index contributed by atoms with van der Waals surface area (Å²) in [5.74, 6) is 0.0891. The lowest BCUT2D eigenvalue weighted by Gasteiger charge is -2.30. The van der Waals surface area contributed by atoms with Crippen molar-refractivity contribution in [1.82, 2.24) is 19.8 Å². The van der Waals surface area contributed by atoms with Crippen LogP contribution < -0.4 is 10.9 Å². The van der Waals surface area contributed by atoms with Gasteiger partial charge < -0.3 is 10.2 Å². The Morgan fingerprint density at radius 2 is 2.07 bits per heavy atom. The molecule has 29 heavy (non-hydrogen) atoms. The Morgan fingerprint density at radius 1 is 1.28 bits per heavy atom. The van der Waals surface area contributed by atoms with Gasteiger partial charge in [0.2, 0.25) is 5.91 Å². The molecule has 1 aromatic heterocycles. The number of fused-ring (bicyclic) bond motifs is 1. The summed E-state index contributed by atoms with van der Waals surface area (Å²) in [6, 6.07) is 10.2. The van der Waals surface area contributed by atoms with Gasteiger partial charge in [-0.25, -0.2) is 4.98 Å². The number of rotatable bonds is 7. The van der Waals surface area contributed by atoms with Gasteiger partial charge in [-0.15, -0.1) is 0 Å². The summed E-state index contributed by atoms with van der Waals surface area (Å²) in [4.78, 5) is 32.1. The molecule has 154 valence electrons. The number of nitrogens with one attached hydrogen (secondary N) is 1. The van der Waals surface area contributed by atoms with Crippen LogP contribution >= 0.6 is 11.8 Å². The maximum atomic E-state index is 12.9. The smallest absolute Gasteiger partial charge is 0.259 e. The molecule has 1 N–H and O–H groups in total. The predicted molar refractivity (Wildman–Crippen MR) is 115 cm³/mol. The zero-order chi connectivity index (χ0) is 20.2. The molecule has 4 rings (SSSR count). The molecule has 0 atom stereocenters. The number of hydrogen-bond donors (Lipinski definition) is 1. The number of hydrogen-bond acceptors (Lipinski definition) is 5. The van der Waals surface area contributed by atoms with E-state index >= 15 is 0 Å². The van der Waals surface area contributed by atoms with Crippen LogP contribution in [0.15, 0.2) is 40.3 Å². The van der Waals surface area contributed by atoms with Gasteiger partial charge in [-0.2, -0.15) is 0 Å². The van der Waals surface area contributed by atoms with Gasteiger partial charge in [0.1, 0.15) is 0 Å². The lowest BCUT2D eigenvalue weighted by atomic mass is 10.0. The molecule has 1 aliphatic carbocycles. The Balaban J connectivity index is 1.33. The molecule has 2 heterocycles. The van der Waals surface area contributed by atoms with Gasteiger partial charge in [-0.1, -0.05) is 48.5 Å². The Bertz CT molecular complexity index is 924. The van der Waals surface area contributed by atoms with Crippen molar-refractivity contribution in [3.05, 3.63) is 57.5 Å². The van der Waals surface area contributed by atoms with Crippen LogP contribution in [-0.4, -0.2) is 38.7 Å². The van der Waals surface area contributed by atoms with Crippen molar-refractivity contribution in [3.63, 3.8) is 0 Å². The van der Waals surface area contributed by atoms with Crippen molar-refractivity contribution in [1.29, 1.82) is 0 Å². The van der Waals surface area contributed by atoms with E-state index in [1.54, 1.807) is 28.3 Å². The number of aromatic nitrogens is 2. The fourth-order valence-corrected chi connectivity index (χ4v) is 4.96. The summed E-state index contributed by atoms with van der Waals surface area (Å²) in [6.45, 7) is 2.40. The zero-order valence-electron chi connectivity index (χ0n) is 16.9. The summed E-state index contributed by atoms with van der Waals surface area (Å²) >= 11 is 1.73. The topological polar surface area (TPSA) is 67.2 Å². The minimum absolute atomic E-state index is 0.00322. The van der Waals surface area contributed by atoms with E-state index in [4.69, 9.17) is 4.98 Å². The Morgan fingerprint density at radius 3 is 2.79 bits per heavy atom. The van der Waals surface area contributed by atoms with Gasteiger partial charge >= 0.3 is 0 Å². The first-order valence-electron chi connectivity index (χ1n) is 10.4. The summed E-state index contributed by atoms with van der Waals surface area (Å²) in [6.07, 6.45) is 4.78. The average Bonchev–Trinajstić information content (AvgIpc) is 2.72. The van der Waals surface area contributed by atoms with Crippen molar-refractivity contribution in [2.45, 2.75) is 55.6 Å². The Labute approximate surface area is 175 Å². The van der Waals surface area contributed by atoms with Crippen molar-refractivity contribution in [2.75, 3.05) is 13.1 Å². The van der Waals surface area contributed by atoms with E-state index in [9.17, 15) is 9.59 Å². The number of nitrogens with zero attached hydrogens (tertiary/aromatic N) is 3. The normalized spacial score (nSPS) is 16.4. The molecule has 0 bridgehead atoms. The molecule has 0 unspecified atom stereocenters. The van der Waals surface area contributed by atoms with Crippen LogP contribution in [0.4, 0.5) is 0 Å². The van der Waals surface area contributed by atoms with E-state index in [2.05, 4.69) is 17.4 Å². The van der Waals surface area contributed by atoms with Crippen LogP contribution in [-0.2, 0) is 31.4 Å². The first-order chi connectivity index (χ1) is 14.1. The van der Waals surface area contributed by atoms with Crippen LogP contribution in [0.1, 0.15) is 42.5 Å². The van der Waals surface area contributed by atoms with E-state index in [0.29, 0.717) is 43.3 Å². The number of carbonyl (C=O) groups excluding carboxylic acids is 1. The van der Waals surface area contributed by atoms with E-state index in [0.717, 1.165) is 17.4 Å². The molecule has 1 saturated carbocycles. The van der Waals surface area contributed by atoms with Gasteiger partial charge in [0, 0.05) is 44.8 Å².